The first-order chi connectivity index (χ1) is 12.3. The van der Waals surface area contributed by atoms with Crippen molar-refractivity contribution in [3.8, 4) is 0 Å². The van der Waals surface area contributed by atoms with Crippen LogP contribution in [0.2, 0.25) is 0 Å². The summed E-state index contributed by atoms with van der Waals surface area (Å²) in [4.78, 5) is 15.2. The molecule has 1 aromatic heterocycles. The van der Waals surface area contributed by atoms with Gasteiger partial charge in [0.25, 0.3) is 0 Å². The Bertz CT molecular complexity index is 702. The van der Waals surface area contributed by atoms with Crippen molar-refractivity contribution < 1.29 is 4.79 Å². The molecule has 2 aromatic rings. The average molecular weight is 337 g/mol. The summed E-state index contributed by atoms with van der Waals surface area (Å²) in [6.45, 7) is 0.726. The summed E-state index contributed by atoms with van der Waals surface area (Å²) < 4.78 is 2.00. The minimum Gasteiger partial charge on any atom is -0.310 e. The van der Waals surface area contributed by atoms with Crippen molar-refractivity contribution in [2.45, 2.75) is 57.4 Å². The zero-order chi connectivity index (χ0) is 17.1. The van der Waals surface area contributed by atoms with Gasteiger partial charge in [0.15, 0.2) is 0 Å². The number of aromatic nitrogens is 2. The third kappa shape index (κ3) is 3.63. The molecule has 2 heterocycles. The third-order valence-electron chi connectivity index (χ3n) is 5.77. The van der Waals surface area contributed by atoms with Crippen LogP contribution in [0.1, 0.15) is 56.6 Å². The number of rotatable bonds is 3. The average Bonchev–Trinajstić information content (AvgIpc) is 3.06. The predicted molar refractivity (Wildman–Crippen MR) is 99.6 cm³/mol. The molecule has 2 aliphatic rings. The van der Waals surface area contributed by atoms with Crippen LogP contribution in [0.25, 0.3) is 0 Å². The largest absolute Gasteiger partial charge is 0.310 e. The van der Waals surface area contributed by atoms with Crippen LogP contribution >= 0.6 is 0 Å². The number of benzene rings is 1. The van der Waals surface area contributed by atoms with Crippen LogP contribution in [0.5, 0.6) is 0 Å². The van der Waals surface area contributed by atoms with Gasteiger partial charge in [-0.05, 0) is 42.9 Å². The number of amides is 1. The van der Waals surface area contributed by atoms with Crippen LogP contribution in [-0.4, -0.2) is 22.2 Å². The zero-order valence-electron chi connectivity index (χ0n) is 14.8. The summed E-state index contributed by atoms with van der Waals surface area (Å²) in [5.74, 6) is 0.850. The molecule has 1 atom stereocenters. The zero-order valence-corrected chi connectivity index (χ0v) is 14.8. The van der Waals surface area contributed by atoms with E-state index < -0.39 is 0 Å². The topological polar surface area (TPSA) is 38.1 Å². The normalized spacial score (nSPS) is 21.6. The molecule has 1 aromatic carbocycles. The standard InChI is InChI=1S/C21H27N3O/c25-21(14-17-8-3-1-2-4-9-17)23-16-19(24-13-7-12-22-24)15-18-10-5-6-11-20(18)23/h5-7,10-13,17,19H,1-4,8-9,14-16H2. The number of hydrogen-bond acceptors (Lipinski definition) is 2. The van der Waals surface area contributed by atoms with Crippen molar-refractivity contribution in [2.24, 2.45) is 5.92 Å². The second kappa shape index (κ2) is 7.42. The summed E-state index contributed by atoms with van der Waals surface area (Å²) in [6.07, 6.45) is 13.1. The van der Waals surface area contributed by atoms with Gasteiger partial charge >= 0.3 is 0 Å². The number of fused-ring (bicyclic) bond motifs is 1. The summed E-state index contributed by atoms with van der Waals surface area (Å²) in [5, 5.41) is 4.41. The van der Waals surface area contributed by atoms with Gasteiger partial charge in [-0.25, -0.2) is 0 Å². The van der Waals surface area contributed by atoms with Gasteiger partial charge in [0.05, 0.1) is 6.04 Å². The lowest BCUT2D eigenvalue weighted by molar-refractivity contribution is -0.119. The highest BCUT2D eigenvalue weighted by atomic mass is 16.2. The second-order valence-corrected chi connectivity index (χ2v) is 7.54. The molecule has 1 aliphatic heterocycles. The van der Waals surface area contributed by atoms with E-state index >= 15 is 0 Å². The van der Waals surface area contributed by atoms with Gasteiger partial charge in [-0.3, -0.25) is 9.48 Å². The molecule has 4 heteroatoms. The molecule has 0 radical (unpaired) electrons. The Morgan fingerprint density at radius 3 is 2.64 bits per heavy atom. The predicted octanol–water partition coefficient (Wildman–Crippen LogP) is 4.37. The molecule has 1 unspecified atom stereocenters. The second-order valence-electron chi connectivity index (χ2n) is 7.54. The first kappa shape index (κ1) is 16.4. The first-order valence-corrected chi connectivity index (χ1v) is 9.68. The third-order valence-corrected chi connectivity index (χ3v) is 5.77. The smallest absolute Gasteiger partial charge is 0.227 e. The van der Waals surface area contributed by atoms with E-state index in [4.69, 9.17) is 0 Å². The van der Waals surface area contributed by atoms with Crippen LogP contribution in [0.15, 0.2) is 42.7 Å². The van der Waals surface area contributed by atoms with Gasteiger partial charge in [0.1, 0.15) is 0 Å². The Kier molecular flexibility index (Phi) is 4.86. The van der Waals surface area contributed by atoms with E-state index in [1.165, 1.54) is 44.1 Å². The number of nitrogens with zero attached hydrogens (tertiary/aromatic N) is 3. The molecule has 132 valence electrons. The van der Waals surface area contributed by atoms with Gasteiger partial charge in [-0.15, -0.1) is 0 Å². The van der Waals surface area contributed by atoms with E-state index in [9.17, 15) is 4.79 Å². The highest BCUT2D eigenvalue weighted by Crippen LogP contribution is 2.33. The Hall–Kier alpha value is -2.10. The Morgan fingerprint density at radius 1 is 1.08 bits per heavy atom. The molecule has 0 spiro atoms. The van der Waals surface area contributed by atoms with Crippen molar-refractivity contribution >= 4 is 11.6 Å². The Labute approximate surface area is 149 Å². The molecular weight excluding hydrogens is 310 g/mol. The van der Waals surface area contributed by atoms with Crippen LogP contribution in [0.3, 0.4) is 0 Å². The van der Waals surface area contributed by atoms with Crippen LogP contribution in [-0.2, 0) is 11.2 Å². The molecule has 1 amide bonds. The monoisotopic (exact) mass is 337 g/mol. The number of carbonyl (C=O) groups is 1. The molecule has 0 bridgehead atoms. The van der Waals surface area contributed by atoms with E-state index in [1.807, 2.05) is 34.1 Å². The van der Waals surface area contributed by atoms with Crippen LogP contribution < -0.4 is 4.90 Å². The minimum atomic E-state index is 0.225. The van der Waals surface area contributed by atoms with Crippen molar-refractivity contribution in [2.75, 3.05) is 11.4 Å². The number of anilines is 1. The van der Waals surface area contributed by atoms with Gasteiger partial charge in [0.2, 0.25) is 5.91 Å². The lowest BCUT2D eigenvalue weighted by Crippen LogP contribution is -2.41. The minimum absolute atomic E-state index is 0.225. The lowest BCUT2D eigenvalue weighted by Gasteiger charge is -2.35. The molecule has 4 rings (SSSR count). The van der Waals surface area contributed by atoms with E-state index in [2.05, 4.69) is 23.3 Å². The van der Waals surface area contributed by atoms with E-state index in [0.717, 1.165) is 18.7 Å². The number of carbonyl (C=O) groups excluding carboxylic acids is 1. The van der Waals surface area contributed by atoms with Crippen molar-refractivity contribution in [3.63, 3.8) is 0 Å². The molecule has 0 N–H and O–H groups in total. The van der Waals surface area contributed by atoms with Crippen molar-refractivity contribution in [3.05, 3.63) is 48.3 Å². The molecule has 4 nitrogen and oxygen atoms in total. The SMILES string of the molecule is O=C(CC1CCCCCC1)N1CC(n2cccn2)Cc2ccccc21. The fourth-order valence-corrected chi connectivity index (χ4v) is 4.41. The van der Waals surface area contributed by atoms with Crippen LogP contribution in [0, 0.1) is 5.92 Å². The quantitative estimate of drug-likeness (QED) is 0.780. The molecular formula is C21H27N3O. The van der Waals surface area contributed by atoms with E-state index in [1.54, 1.807) is 0 Å². The molecule has 1 fully saturated rings. The summed E-state index contributed by atoms with van der Waals surface area (Å²) in [6, 6.07) is 10.5. The molecule has 1 saturated carbocycles. The van der Waals surface area contributed by atoms with E-state index in [-0.39, 0.29) is 11.9 Å². The molecule has 25 heavy (non-hydrogen) atoms. The first-order valence-electron chi connectivity index (χ1n) is 9.68. The fourth-order valence-electron chi connectivity index (χ4n) is 4.41. The summed E-state index contributed by atoms with van der Waals surface area (Å²) >= 11 is 0. The van der Waals surface area contributed by atoms with Gasteiger partial charge in [0, 0.05) is 31.0 Å². The Balaban J connectivity index is 1.55. The van der Waals surface area contributed by atoms with Gasteiger partial charge < -0.3 is 4.90 Å². The van der Waals surface area contributed by atoms with Gasteiger partial charge in [-0.1, -0.05) is 43.9 Å². The van der Waals surface area contributed by atoms with Gasteiger partial charge in [-0.2, -0.15) is 5.10 Å². The maximum Gasteiger partial charge on any atom is 0.227 e. The fraction of sp³-hybridized carbons (Fsp3) is 0.524. The van der Waals surface area contributed by atoms with Crippen LogP contribution in [0.4, 0.5) is 5.69 Å². The summed E-state index contributed by atoms with van der Waals surface area (Å²) in [7, 11) is 0. The number of hydrogen-bond donors (Lipinski definition) is 0. The Morgan fingerprint density at radius 2 is 1.88 bits per heavy atom. The maximum atomic E-state index is 13.2. The highest BCUT2D eigenvalue weighted by molar-refractivity contribution is 5.94. The van der Waals surface area contributed by atoms with Crippen molar-refractivity contribution in [1.29, 1.82) is 0 Å². The molecule has 0 saturated heterocycles. The summed E-state index contributed by atoms with van der Waals surface area (Å²) in [5.41, 5.74) is 2.35. The highest BCUT2D eigenvalue weighted by Gasteiger charge is 2.30. The maximum absolute atomic E-state index is 13.2. The van der Waals surface area contributed by atoms with Crippen molar-refractivity contribution in [1.82, 2.24) is 9.78 Å². The molecule has 1 aliphatic carbocycles. The lowest BCUT2D eigenvalue weighted by atomic mass is 9.93. The number of para-hydroxylation sites is 1. The van der Waals surface area contributed by atoms with E-state index in [0.29, 0.717) is 12.3 Å².